The van der Waals surface area contributed by atoms with E-state index in [2.05, 4.69) is 29.6 Å². The highest BCUT2D eigenvalue weighted by atomic mass is 16.2. The van der Waals surface area contributed by atoms with Crippen LogP contribution in [0, 0.1) is 0 Å². The van der Waals surface area contributed by atoms with Crippen molar-refractivity contribution in [1.29, 1.82) is 0 Å². The number of carbonyl (C=O) groups is 1. The molecular weight excluding hydrogens is 212 g/mol. The Labute approximate surface area is 104 Å². The molecule has 1 rings (SSSR count). The summed E-state index contributed by atoms with van der Waals surface area (Å²) < 4.78 is 0. The van der Waals surface area contributed by atoms with Crippen LogP contribution in [0.25, 0.3) is 0 Å². The number of nitrogens with zero attached hydrogens (tertiary/aromatic N) is 1. The fourth-order valence-electron chi connectivity index (χ4n) is 1.59. The lowest BCUT2D eigenvalue weighted by Crippen LogP contribution is -2.24. The average Bonchev–Trinajstić information content (AvgIpc) is 2.34. The van der Waals surface area contributed by atoms with Gasteiger partial charge < -0.3 is 10.2 Å². The summed E-state index contributed by atoms with van der Waals surface area (Å²) in [7, 11) is 3.59. The van der Waals surface area contributed by atoms with Crippen LogP contribution in [-0.4, -0.2) is 38.0 Å². The molecule has 0 fully saturated rings. The molecule has 1 amide bonds. The topological polar surface area (TPSA) is 32.3 Å². The molecule has 1 N–H and O–H groups in total. The normalized spacial score (nSPS) is 10.2. The molecule has 0 unspecified atom stereocenters. The first-order valence-electron chi connectivity index (χ1n) is 6.15. The first kappa shape index (κ1) is 13.7. The zero-order chi connectivity index (χ0) is 12.5. The van der Waals surface area contributed by atoms with Crippen LogP contribution in [-0.2, 0) is 11.2 Å². The summed E-state index contributed by atoms with van der Waals surface area (Å²) in [6.45, 7) is 1.88. The van der Waals surface area contributed by atoms with Gasteiger partial charge in [-0.2, -0.15) is 0 Å². The Morgan fingerprint density at radius 3 is 2.53 bits per heavy atom. The maximum Gasteiger partial charge on any atom is 0.222 e. The first-order valence-corrected chi connectivity index (χ1v) is 6.15. The van der Waals surface area contributed by atoms with Crippen molar-refractivity contribution in [3.63, 3.8) is 0 Å². The van der Waals surface area contributed by atoms with E-state index in [1.165, 1.54) is 5.56 Å². The number of rotatable bonds is 7. The maximum atomic E-state index is 11.3. The highest BCUT2D eigenvalue weighted by Gasteiger charge is 2.02. The van der Waals surface area contributed by atoms with Gasteiger partial charge in [0.1, 0.15) is 0 Å². The highest BCUT2D eigenvalue weighted by molar-refractivity contribution is 5.75. The van der Waals surface area contributed by atoms with Crippen molar-refractivity contribution in [2.45, 2.75) is 19.3 Å². The lowest BCUT2D eigenvalue weighted by atomic mass is 10.1. The maximum absolute atomic E-state index is 11.3. The number of nitrogens with one attached hydrogen (secondary N) is 1. The smallest absolute Gasteiger partial charge is 0.222 e. The van der Waals surface area contributed by atoms with Crippen molar-refractivity contribution in [3.05, 3.63) is 35.9 Å². The Morgan fingerprint density at radius 1 is 1.18 bits per heavy atom. The Hall–Kier alpha value is -1.35. The summed E-state index contributed by atoms with van der Waals surface area (Å²) in [5.74, 6) is 0.204. The van der Waals surface area contributed by atoms with Crippen molar-refractivity contribution in [1.82, 2.24) is 10.2 Å². The Balaban J connectivity index is 2.00. The van der Waals surface area contributed by atoms with E-state index in [9.17, 15) is 4.79 Å². The van der Waals surface area contributed by atoms with Gasteiger partial charge in [-0.1, -0.05) is 30.3 Å². The van der Waals surface area contributed by atoms with Crippen molar-refractivity contribution in [3.8, 4) is 0 Å². The molecule has 1 aromatic rings. The number of hydrogen-bond donors (Lipinski definition) is 1. The van der Waals surface area contributed by atoms with Crippen molar-refractivity contribution < 1.29 is 4.79 Å². The molecule has 0 radical (unpaired) electrons. The molecule has 0 atom stereocenters. The molecule has 3 heteroatoms. The highest BCUT2D eigenvalue weighted by Crippen LogP contribution is 1.98. The van der Waals surface area contributed by atoms with E-state index in [-0.39, 0.29) is 5.91 Å². The van der Waals surface area contributed by atoms with Gasteiger partial charge in [0, 0.05) is 20.5 Å². The molecule has 0 aliphatic carbocycles. The van der Waals surface area contributed by atoms with Crippen LogP contribution >= 0.6 is 0 Å². The molecule has 94 valence electrons. The molecule has 0 spiro atoms. The standard InChI is InChI=1S/C14H22N2O/c1-16(2)14(17)9-6-11-15-12-10-13-7-4-3-5-8-13/h3-5,7-8,15H,6,9-12H2,1-2H3. The minimum Gasteiger partial charge on any atom is -0.349 e. The van der Waals surface area contributed by atoms with E-state index in [1.807, 2.05) is 6.07 Å². The van der Waals surface area contributed by atoms with Gasteiger partial charge in [-0.05, 0) is 31.5 Å². The molecule has 0 saturated carbocycles. The van der Waals surface area contributed by atoms with Gasteiger partial charge in [0.05, 0.1) is 0 Å². The fourth-order valence-corrected chi connectivity index (χ4v) is 1.59. The molecule has 0 bridgehead atoms. The van der Waals surface area contributed by atoms with E-state index in [0.29, 0.717) is 6.42 Å². The van der Waals surface area contributed by atoms with Gasteiger partial charge in [0.2, 0.25) is 5.91 Å². The second-order valence-electron chi connectivity index (χ2n) is 4.38. The SMILES string of the molecule is CN(C)C(=O)CCCNCCc1ccccc1. The van der Waals surface area contributed by atoms with Gasteiger partial charge in [-0.15, -0.1) is 0 Å². The zero-order valence-electron chi connectivity index (χ0n) is 10.8. The van der Waals surface area contributed by atoms with Crippen molar-refractivity contribution in [2.24, 2.45) is 0 Å². The van der Waals surface area contributed by atoms with Gasteiger partial charge in [-0.25, -0.2) is 0 Å². The molecule has 17 heavy (non-hydrogen) atoms. The third-order valence-electron chi connectivity index (χ3n) is 2.68. The molecule has 0 heterocycles. The monoisotopic (exact) mass is 234 g/mol. The summed E-state index contributed by atoms with van der Waals surface area (Å²) in [6, 6.07) is 10.4. The minimum absolute atomic E-state index is 0.204. The fraction of sp³-hybridized carbons (Fsp3) is 0.500. The van der Waals surface area contributed by atoms with Crippen molar-refractivity contribution in [2.75, 3.05) is 27.2 Å². The second-order valence-corrected chi connectivity index (χ2v) is 4.38. The van der Waals surface area contributed by atoms with Crippen molar-refractivity contribution >= 4 is 5.91 Å². The Morgan fingerprint density at radius 2 is 1.88 bits per heavy atom. The van der Waals surface area contributed by atoms with Crippen LogP contribution in [0.15, 0.2) is 30.3 Å². The van der Waals surface area contributed by atoms with Gasteiger partial charge >= 0.3 is 0 Å². The summed E-state index contributed by atoms with van der Waals surface area (Å²) in [4.78, 5) is 12.9. The molecule has 0 saturated heterocycles. The lowest BCUT2D eigenvalue weighted by Gasteiger charge is -2.10. The quantitative estimate of drug-likeness (QED) is 0.728. The number of hydrogen-bond acceptors (Lipinski definition) is 2. The van der Waals surface area contributed by atoms with E-state index in [1.54, 1.807) is 19.0 Å². The lowest BCUT2D eigenvalue weighted by molar-refractivity contribution is -0.128. The largest absolute Gasteiger partial charge is 0.349 e. The van der Waals surface area contributed by atoms with Crippen LogP contribution in [0.3, 0.4) is 0 Å². The molecule has 1 aromatic carbocycles. The van der Waals surface area contributed by atoms with E-state index < -0.39 is 0 Å². The molecule has 0 aromatic heterocycles. The van der Waals surface area contributed by atoms with Gasteiger partial charge in [-0.3, -0.25) is 4.79 Å². The minimum atomic E-state index is 0.204. The predicted molar refractivity (Wildman–Crippen MR) is 70.9 cm³/mol. The second kappa shape index (κ2) is 7.85. The Kier molecular flexibility index (Phi) is 6.33. The number of amides is 1. The summed E-state index contributed by atoms with van der Waals surface area (Å²) in [5, 5.41) is 3.36. The summed E-state index contributed by atoms with van der Waals surface area (Å²) in [6.07, 6.45) is 2.58. The van der Waals surface area contributed by atoms with Gasteiger partial charge in [0.25, 0.3) is 0 Å². The molecule has 3 nitrogen and oxygen atoms in total. The molecular formula is C14H22N2O. The summed E-state index contributed by atoms with van der Waals surface area (Å²) >= 11 is 0. The first-order chi connectivity index (χ1) is 8.20. The third kappa shape index (κ3) is 6.07. The van der Waals surface area contributed by atoms with Crippen LogP contribution in [0.1, 0.15) is 18.4 Å². The third-order valence-corrected chi connectivity index (χ3v) is 2.68. The molecule has 0 aliphatic rings. The summed E-state index contributed by atoms with van der Waals surface area (Å²) in [5.41, 5.74) is 1.35. The average molecular weight is 234 g/mol. The van der Waals surface area contributed by atoms with Crippen LogP contribution in [0.4, 0.5) is 0 Å². The van der Waals surface area contributed by atoms with Gasteiger partial charge in [0.15, 0.2) is 0 Å². The van der Waals surface area contributed by atoms with Crippen LogP contribution in [0.2, 0.25) is 0 Å². The number of benzene rings is 1. The van der Waals surface area contributed by atoms with E-state index in [0.717, 1.165) is 25.9 Å². The molecule has 0 aliphatic heterocycles. The zero-order valence-corrected chi connectivity index (χ0v) is 10.8. The van der Waals surface area contributed by atoms with E-state index >= 15 is 0 Å². The number of carbonyl (C=O) groups excluding carboxylic acids is 1. The predicted octanol–water partition coefficient (Wildman–Crippen LogP) is 1.69. The van der Waals surface area contributed by atoms with Crippen LogP contribution < -0.4 is 5.32 Å². The van der Waals surface area contributed by atoms with E-state index in [4.69, 9.17) is 0 Å². The Bertz CT molecular complexity index is 322. The van der Waals surface area contributed by atoms with Crippen LogP contribution in [0.5, 0.6) is 0 Å².